The number of nitrogens with zero attached hydrogens (tertiary/aromatic N) is 2. The van der Waals surface area contributed by atoms with Gasteiger partial charge >= 0.3 is 6.09 Å². The first-order valence-electron chi connectivity index (χ1n) is 10.3. The summed E-state index contributed by atoms with van der Waals surface area (Å²) in [5, 5.41) is 4.99. The van der Waals surface area contributed by atoms with Crippen molar-refractivity contribution in [3.63, 3.8) is 0 Å². The lowest BCUT2D eigenvalue weighted by Crippen LogP contribution is -2.39. The molecule has 0 aliphatic rings. The summed E-state index contributed by atoms with van der Waals surface area (Å²) in [5.74, 6) is -0.737. The molecule has 31 heavy (non-hydrogen) atoms. The van der Waals surface area contributed by atoms with E-state index in [1.807, 2.05) is 76.2 Å². The van der Waals surface area contributed by atoms with Crippen LogP contribution in [0.15, 0.2) is 60.9 Å². The van der Waals surface area contributed by atoms with E-state index in [0.717, 1.165) is 21.9 Å². The van der Waals surface area contributed by atoms with Crippen LogP contribution in [0.25, 0.3) is 10.8 Å². The van der Waals surface area contributed by atoms with E-state index in [2.05, 4.69) is 10.3 Å². The molecule has 6 heteroatoms. The molecule has 0 aliphatic carbocycles. The Morgan fingerprint density at radius 3 is 2.45 bits per heavy atom. The average Bonchev–Trinajstić information content (AvgIpc) is 2.71. The van der Waals surface area contributed by atoms with Gasteiger partial charge in [0.05, 0.1) is 5.92 Å². The van der Waals surface area contributed by atoms with Crippen molar-refractivity contribution >= 4 is 28.5 Å². The van der Waals surface area contributed by atoms with Crippen LogP contribution >= 0.6 is 0 Å². The maximum atomic E-state index is 13.3. The van der Waals surface area contributed by atoms with Gasteiger partial charge in [-0.3, -0.25) is 9.78 Å². The highest BCUT2D eigenvalue weighted by Gasteiger charge is 2.27. The molecule has 1 N–H and O–H groups in total. The van der Waals surface area contributed by atoms with Gasteiger partial charge in [-0.1, -0.05) is 35.9 Å². The molecule has 1 aromatic heterocycles. The number of hydrogen-bond donors (Lipinski definition) is 1. The molecule has 0 radical (unpaired) electrons. The molecule has 0 spiro atoms. The molecule has 0 saturated carbocycles. The summed E-state index contributed by atoms with van der Waals surface area (Å²) in [6.45, 7) is 7.64. The first-order chi connectivity index (χ1) is 14.6. The number of amides is 2. The number of pyridine rings is 1. The first-order valence-corrected chi connectivity index (χ1v) is 10.3. The SMILES string of the molecule is Cc1ccc(C(CN(C)C(=O)OC(C)(C)C)C(=O)Nc2ccc3cnccc3c2)cc1. The number of nitrogens with one attached hydrogen (secondary N) is 1. The number of benzene rings is 2. The average molecular weight is 420 g/mol. The van der Waals surface area contributed by atoms with E-state index in [-0.39, 0.29) is 12.5 Å². The Hall–Kier alpha value is -3.41. The summed E-state index contributed by atoms with van der Waals surface area (Å²) in [5.41, 5.74) is 2.03. The normalized spacial score (nSPS) is 12.3. The Labute approximate surface area is 183 Å². The van der Waals surface area contributed by atoms with Gasteiger partial charge in [0, 0.05) is 37.1 Å². The number of hydrogen-bond acceptors (Lipinski definition) is 4. The molecular weight excluding hydrogens is 390 g/mol. The van der Waals surface area contributed by atoms with Gasteiger partial charge in [0.2, 0.25) is 5.91 Å². The van der Waals surface area contributed by atoms with Crippen LogP contribution in [0.2, 0.25) is 0 Å². The van der Waals surface area contributed by atoms with Crippen molar-refractivity contribution in [2.24, 2.45) is 0 Å². The summed E-state index contributed by atoms with van der Waals surface area (Å²) < 4.78 is 5.45. The number of carbonyl (C=O) groups is 2. The van der Waals surface area contributed by atoms with E-state index in [1.54, 1.807) is 19.4 Å². The molecule has 0 fully saturated rings. The van der Waals surface area contributed by atoms with Crippen molar-refractivity contribution in [3.05, 3.63) is 72.1 Å². The second-order valence-corrected chi connectivity index (χ2v) is 8.75. The lowest BCUT2D eigenvalue weighted by Gasteiger charge is -2.27. The molecule has 2 amide bonds. The monoisotopic (exact) mass is 419 g/mol. The third-order valence-electron chi connectivity index (χ3n) is 4.87. The van der Waals surface area contributed by atoms with Gasteiger partial charge in [0.15, 0.2) is 0 Å². The molecule has 162 valence electrons. The third kappa shape index (κ3) is 6.04. The predicted octanol–water partition coefficient (Wildman–Crippen LogP) is 5.13. The van der Waals surface area contributed by atoms with Crippen LogP contribution in [0.3, 0.4) is 0 Å². The fourth-order valence-corrected chi connectivity index (χ4v) is 3.22. The van der Waals surface area contributed by atoms with Crippen LogP contribution in [-0.2, 0) is 9.53 Å². The first kappa shape index (κ1) is 22.3. The number of aryl methyl sites for hydroxylation is 1. The summed E-state index contributed by atoms with van der Waals surface area (Å²) >= 11 is 0. The standard InChI is InChI=1S/C25H29N3O3/c1-17-6-8-18(9-7-17)22(16-28(5)24(30)31-25(2,3)4)23(29)27-21-11-10-20-15-26-13-12-19(20)14-21/h6-15,22H,16H2,1-5H3,(H,27,29). The minimum atomic E-state index is -0.604. The van der Waals surface area contributed by atoms with E-state index < -0.39 is 17.6 Å². The number of aromatic nitrogens is 1. The molecule has 0 saturated heterocycles. The number of carbonyl (C=O) groups excluding carboxylic acids is 2. The maximum absolute atomic E-state index is 13.3. The van der Waals surface area contributed by atoms with Crippen LogP contribution in [0, 0.1) is 6.92 Å². The number of anilines is 1. The summed E-state index contributed by atoms with van der Waals surface area (Å²) in [6, 6.07) is 15.4. The fraction of sp³-hybridized carbons (Fsp3) is 0.320. The highest BCUT2D eigenvalue weighted by molar-refractivity contribution is 5.98. The molecule has 3 rings (SSSR count). The van der Waals surface area contributed by atoms with Gasteiger partial charge in [-0.15, -0.1) is 0 Å². The van der Waals surface area contributed by atoms with Crippen LogP contribution in [0.5, 0.6) is 0 Å². The van der Waals surface area contributed by atoms with E-state index in [0.29, 0.717) is 5.69 Å². The number of fused-ring (bicyclic) bond motifs is 1. The molecule has 0 bridgehead atoms. The number of likely N-dealkylation sites (N-methyl/N-ethyl adjacent to an activating group) is 1. The quantitative estimate of drug-likeness (QED) is 0.622. The highest BCUT2D eigenvalue weighted by Crippen LogP contribution is 2.23. The van der Waals surface area contributed by atoms with Gasteiger partial charge in [0.1, 0.15) is 5.60 Å². The summed E-state index contributed by atoms with van der Waals surface area (Å²) in [7, 11) is 1.64. The largest absolute Gasteiger partial charge is 0.444 e. The molecule has 6 nitrogen and oxygen atoms in total. The zero-order valence-electron chi connectivity index (χ0n) is 18.7. The van der Waals surface area contributed by atoms with Crippen LogP contribution < -0.4 is 5.32 Å². The van der Waals surface area contributed by atoms with Crippen molar-refractivity contribution in [1.29, 1.82) is 0 Å². The molecule has 0 aliphatic heterocycles. The van der Waals surface area contributed by atoms with Crippen LogP contribution in [0.1, 0.15) is 37.8 Å². The van der Waals surface area contributed by atoms with E-state index in [9.17, 15) is 9.59 Å². The van der Waals surface area contributed by atoms with Gasteiger partial charge in [-0.2, -0.15) is 0 Å². The van der Waals surface area contributed by atoms with Crippen LogP contribution in [0.4, 0.5) is 10.5 Å². The van der Waals surface area contributed by atoms with Gasteiger partial charge in [-0.25, -0.2) is 4.79 Å². The van der Waals surface area contributed by atoms with Crippen molar-refractivity contribution < 1.29 is 14.3 Å². The summed E-state index contributed by atoms with van der Waals surface area (Å²) in [6.07, 6.45) is 3.04. The Bertz CT molecular complexity index is 1070. The Morgan fingerprint density at radius 1 is 1.06 bits per heavy atom. The van der Waals surface area contributed by atoms with Crippen molar-refractivity contribution in [3.8, 4) is 0 Å². The minimum absolute atomic E-state index is 0.187. The van der Waals surface area contributed by atoms with Crippen molar-refractivity contribution in [2.45, 2.75) is 39.2 Å². The maximum Gasteiger partial charge on any atom is 0.410 e. The molecular formula is C25H29N3O3. The molecule has 1 atom stereocenters. The second-order valence-electron chi connectivity index (χ2n) is 8.75. The van der Waals surface area contributed by atoms with Crippen molar-refractivity contribution in [2.75, 3.05) is 18.9 Å². The third-order valence-corrected chi connectivity index (χ3v) is 4.87. The van der Waals surface area contributed by atoms with E-state index in [4.69, 9.17) is 4.74 Å². The number of rotatable bonds is 5. The molecule has 3 aromatic rings. The molecule has 1 unspecified atom stereocenters. The van der Waals surface area contributed by atoms with E-state index in [1.165, 1.54) is 4.90 Å². The second kappa shape index (κ2) is 9.16. The lowest BCUT2D eigenvalue weighted by molar-refractivity contribution is -0.117. The predicted molar refractivity (Wildman–Crippen MR) is 123 cm³/mol. The van der Waals surface area contributed by atoms with E-state index >= 15 is 0 Å². The highest BCUT2D eigenvalue weighted by atomic mass is 16.6. The van der Waals surface area contributed by atoms with Gasteiger partial charge in [-0.05, 0) is 56.8 Å². The zero-order chi connectivity index (χ0) is 22.6. The molecule has 2 aromatic carbocycles. The fourth-order valence-electron chi connectivity index (χ4n) is 3.22. The van der Waals surface area contributed by atoms with Crippen molar-refractivity contribution in [1.82, 2.24) is 9.88 Å². The lowest BCUT2D eigenvalue weighted by atomic mass is 9.96. The smallest absolute Gasteiger partial charge is 0.410 e. The van der Waals surface area contributed by atoms with Gasteiger partial charge < -0.3 is 15.0 Å². The molecule has 1 heterocycles. The Balaban J connectivity index is 1.83. The van der Waals surface area contributed by atoms with Gasteiger partial charge in [0.25, 0.3) is 0 Å². The summed E-state index contributed by atoms with van der Waals surface area (Å²) in [4.78, 5) is 31.3. The zero-order valence-corrected chi connectivity index (χ0v) is 18.7. The Kier molecular flexibility index (Phi) is 6.59. The minimum Gasteiger partial charge on any atom is -0.444 e. The van der Waals surface area contributed by atoms with Crippen LogP contribution in [-0.4, -0.2) is 41.1 Å². The topological polar surface area (TPSA) is 71.5 Å². The number of ether oxygens (including phenoxy) is 1. The Morgan fingerprint density at radius 2 is 1.77 bits per heavy atom.